The number of hydrogen-bond donors (Lipinski definition) is 1. The van der Waals surface area contributed by atoms with Gasteiger partial charge in [0.05, 0.1) is 16.8 Å². The average molecular weight is 455 g/mol. The van der Waals surface area contributed by atoms with Gasteiger partial charge >= 0.3 is 0 Å². The van der Waals surface area contributed by atoms with Crippen LogP contribution in [0.3, 0.4) is 0 Å². The Morgan fingerprint density at radius 3 is 2.42 bits per heavy atom. The highest BCUT2D eigenvalue weighted by molar-refractivity contribution is 7.13. The molecular weight excluding hydrogens is 436 g/mol. The zero-order valence-electron chi connectivity index (χ0n) is 17.4. The molecule has 33 heavy (non-hydrogen) atoms. The molecule has 1 aliphatic rings. The molecule has 8 heteroatoms. The zero-order chi connectivity index (χ0) is 22.8. The summed E-state index contributed by atoms with van der Waals surface area (Å²) in [5.41, 5.74) is 4.01. The van der Waals surface area contributed by atoms with Crippen LogP contribution >= 0.6 is 11.3 Å². The molecule has 0 saturated carbocycles. The molecule has 0 radical (unpaired) electrons. The molecule has 5 rings (SSSR count). The van der Waals surface area contributed by atoms with E-state index in [1.807, 2.05) is 35.7 Å². The zero-order valence-corrected chi connectivity index (χ0v) is 18.2. The fourth-order valence-corrected chi connectivity index (χ4v) is 4.48. The molecule has 7 nitrogen and oxygen atoms in total. The normalized spacial score (nSPS) is 12.7. The number of fused-ring (bicyclic) bond motifs is 1. The SMILES string of the molecule is O=C(CCN1C(=O)c2ccccc2C1=O)Nc1cccc(-c2csc(-c3cccnc3)n2)c1. The Morgan fingerprint density at radius 2 is 1.70 bits per heavy atom. The summed E-state index contributed by atoms with van der Waals surface area (Å²) in [5.74, 6) is -1.00. The maximum absolute atomic E-state index is 12.5. The highest BCUT2D eigenvalue weighted by Gasteiger charge is 2.34. The van der Waals surface area contributed by atoms with Crippen LogP contribution < -0.4 is 5.32 Å². The van der Waals surface area contributed by atoms with Crippen LogP contribution in [-0.2, 0) is 4.79 Å². The third kappa shape index (κ3) is 4.16. The molecule has 3 heterocycles. The third-order valence-corrected chi connectivity index (χ3v) is 6.19. The van der Waals surface area contributed by atoms with Crippen LogP contribution in [0.1, 0.15) is 27.1 Å². The van der Waals surface area contributed by atoms with E-state index in [9.17, 15) is 14.4 Å². The Kier molecular flexibility index (Phi) is 5.50. The minimum absolute atomic E-state index is 0.0115. The maximum Gasteiger partial charge on any atom is 0.261 e. The number of aromatic nitrogens is 2. The number of pyridine rings is 1. The molecule has 1 aliphatic heterocycles. The minimum Gasteiger partial charge on any atom is -0.326 e. The number of amides is 3. The summed E-state index contributed by atoms with van der Waals surface area (Å²) >= 11 is 1.53. The molecule has 0 fully saturated rings. The first-order chi connectivity index (χ1) is 16.1. The molecule has 2 aromatic carbocycles. The van der Waals surface area contributed by atoms with Crippen molar-refractivity contribution in [3.63, 3.8) is 0 Å². The Labute approximate surface area is 193 Å². The smallest absolute Gasteiger partial charge is 0.261 e. The second-order valence-electron chi connectivity index (χ2n) is 7.47. The summed E-state index contributed by atoms with van der Waals surface area (Å²) in [6.07, 6.45) is 3.50. The van der Waals surface area contributed by atoms with Crippen LogP contribution in [0.2, 0.25) is 0 Å². The molecule has 0 unspecified atom stereocenters. The second kappa shape index (κ2) is 8.76. The number of nitrogens with zero attached hydrogens (tertiary/aromatic N) is 3. The van der Waals surface area contributed by atoms with Gasteiger partial charge in [-0.3, -0.25) is 24.3 Å². The molecule has 0 atom stereocenters. The van der Waals surface area contributed by atoms with Crippen LogP contribution in [0, 0.1) is 0 Å². The number of hydrogen-bond acceptors (Lipinski definition) is 6. The lowest BCUT2D eigenvalue weighted by Gasteiger charge is -2.13. The first-order valence-corrected chi connectivity index (χ1v) is 11.2. The van der Waals surface area contributed by atoms with Gasteiger partial charge in [0.15, 0.2) is 0 Å². The first-order valence-electron chi connectivity index (χ1n) is 10.3. The number of carbonyl (C=O) groups excluding carboxylic acids is 3. The fraction of sp³-hybridized carbons (Fsp3) is 0.0800. The fourth-order valence-electron chi connectivity index (χ4n) is 3.66. The maximum atomic E-state index is 12.5. The number of thiazole rings is 1. The highest BCUT2D eigenvalue weighted by Crippen LogP contribution is 2.29. The summed E-state index contributed by atoms with van der Waals surface area (Å²) < 4.78 is 0. The Morgan fingerprint density at radius 1 is 0.939 bits per heavy atom. The van der Waals surface area contributed by atoms with Crippen molar-refractivity contribution in [2.75, 3.05) is 11.9 Å². The first kappa shape index (κ1) is 20.7. The van der Waals surface area contributed by atoms with Gasteiger partial charge in [0.1, 0.15) is 5.01 Å². The molecule has 2 aromatic heterocycles. The Bertz CT molecular complexity index is 1330. The van der Waals surface area contributed by atoms with E-state index in [2.05, 4.69) is 15.3 Å². The summed E-state index contributed by atoms with van der Waals surface area (Å²) in [6.45, 7) is 0.0262. The number of rotatable bonds is 6. The van der Waals surface area contributed by atoms with Crippen LogP contribution in [0.25, 0.3) is 21.8 Å². The predicted molar refractivity (Wildman–Crippen MR) is 126 cm³/mol. The minimum atomic E-state index is -0.363. The molecule has 0 aliphatic carbocycles. The van der Waals surface area contributed by atoms with E-state index in [-0.39, 0.29) is 30.7 Å². The average Bonchev–Trinajstić information content (AvgIpc) is 3.43. The summed E-state index contributed by atoms with van der Waals surface area (Å²) in [6, 6.07) is 17.9. The van der Waals surface area contributed by atoms with Crippen LogP contribution in [-0.4, -0.2) is 39.1 Å². The van der Waals surface area contributed by atoms with E-state index in [1.54, 1.807) is 42.7 Å². The third-order valence-electron chi connectivity index (χ3n) is 5.30. The van der Waals surface area contributed by atoms with Gasteiger partial charge in [0, 0.05) is 47.6 Å². The lowest BCUT2D eigenvalue weighted by Crippen LogP contribution is -2.32. The van der Waals surface area contributed by atoms with Gasteiger partial charge < -0.3 is 5.32 Å². The van der Waals surface area contributed by atoms with Gasteiger partial charge in [-0.2, -0.15) is 0 Å². The second-order valence-corrected chi connectivity index (χ2v) is 8.32. The van der Waals surface area contributed by atoms with Crippen LogP contribution in [0.4, 0.5) is 5.69 Å². The van der Waals surface area contributed by atoms with E-state index < -0.39 is 0 Å². The number of imide groups is 1. The van der Waals surface area contributed by atoms with E-state index in [0.29, 0.717) is 16.8 Å². The highest BCUT2D eigenvalue weighted by atomic mass is 32.1. The molecule has 0 saturated heterocycles. The molecule has 4 aromatic rings. The van der Waals surface area contributed by atoms with Crippen molar-refractivity contribution in [3.05, 3.63) is 89.6 Å². The van der Waals surface area contributed by atoms with Crippen molar-refractivity contribution in [2.24, 2.45) is 0 Å². The Hall–Kier alpha value is -4.17. The molecule has 3 amide bonds. The van der Waals surface area contributed by atoms with Crippen LogP contribution in [0.15, 0.2) is 78.4 Å². The lowest BCUT2D eigenvalue weighted by atomic mass is 10.1. The van der Waals surface area contributed by atoms with Gasteiger partial charge in [0.2, 0.25) is 5.91 Å². The molecule has 162 valence electrons. The van der Waals surface area contributed by atoms with E-state index in [1.165, 1.54) is 11.3 Å². The van der Waals surface area contributed by atoms with Gasteiger partial charge in [-0.1, -0.05) is 24.3 Å². The monoisotopic (exact) mass is 454 g/mol. The van der Waals surface area contributed by atoms with Gasteiger partial charge in [-0.25, -0.2) is 4.98 Å². The Balaban J connectivity index is 1.23. The number of benzene rings is 2. The van der Waals surface area contributed by atoms with Crippen LogP contribution in [0.5, 0.6) is 0 Å². The lowest BCUT2D eigenvalue weighted by molar-refractivity contribution is -0.116. The largest absolute Gasteiger partial charge is 0.326 e. The number of anilines is 1. The van der Waals surface area contributed by atoms with Gasteiger partial charge in [-0.05, 0) is 36.4 Å². The van der Waals surface area contributed by atoms with Crippen molar-refractivity contribution < 1.29 is 14.4 Å². The predicted octanol–water partition coefficient (Wildman–Crippen LogP) is 4.50. The number of carbonyl (C=O) groups is 3. The van der Waals surface area contributed by atoms with Gasteiger partial charge in [0.25, 0.3) is 11.8 Å². The van der Waals surface area contributed by atoms with Crippen molar-refractivity contribution in [1.82, 2.24) is 14.9 Å². The van der Waals surface area contributed by atoms with Crippen molar-refractivity contribution in [2.45, 2.75) is 6.42 Å². The number of nitrogens with one attached hydrogen (secondary N) is 1. The summed E-state index contributed by atoms with van der Waals surface area (Å²) in [5, 5.41) is 5.68. The van der Waals surface area contributed by atoms with Crippen molar-refractivity contribution >= 4 is 34.7 Å². The molecule has 1 N–H and O–H groups in total. The van der Waals surface area contributed by atoms with Crippen molar-refractivity contribution in [3.8, 4) is 21.8 Å². The summed E-state index contributed by atoms with van der Waals surface area (Å²) in [4.78, 5) is 47.3. The summed E-state index contributed by atoms with van der Waals surface area (Å²) in [7, 11) is 0. The molecule has 0 spiro atoms. The standard InChI is InChI=1S/C25H18N4O3S/c30-22(10-12-29-24(31)19-8-1-2-9-20(19)25(29)32)27-18-7-3-5-16(13-18)21-15-33-23(28-21)17-6-4-11-26-14-17/h1-9,11,13-15H,10,12H2,(H,27,30). The molecular formula is C25H18N4O3S. The van der Waals surface area contributed by atoms with E-state index in [4.69, 9.17) is 0 Å². The van der Waals surface area contributed by atoms with E-state index >= 15 is 0 Å². The topological polar surface area (TPSA) is 92.3 Å². The molecule has 0 bridgehead atoms. The van der Waals surface area contributed by atoms with Gasteiger partial charge in [-0.15, -0.1) is 11.3 Å². The quantitative estimate of drug-likeness (QED) is 0.433. The van der Waals surface area contributed by atoms with Crippen molar-refractivity contribution in [1.29, 1.82) is 0 Å². The van der Waals surface area contributed by atoms with E-state index in [0.717, 1.165) is 26.7 Å².